The first-order valence-electron chi connectivity index (χ1n) is 9.16. The fourth-order valence-electron chi connectivity index (χ4n) is 2.26. The molecule has 2 aromatic rings. The molecule has 0 spiro atoms. The van der Waals surface area contributed by atoms with Crippen LogP contribution in [0, 0.1) is 0 Å². The van der Waals surface area contributed by atoms with Crippen molar-refractivity contribution < 1.29 is 33.6 Å². The van der Waals surface area contributed by atoms with Gasteiger partial charge in [-0.15, -0.1) is 0 Å². The van der Waals surface area contributed by atoms with Crippen molar-refractivity contribution in [1.29, 1.82) is 0 Å². The molecule has 0 radical (unpaired) electrons. The molecule has 0 aliphatic heterocycles. The number of carbonyl (C=O) groups excluding carboxylic acids is 2. The van der Waals surface area contributed by atoms with Gasteiger partial charge < -0.3 is 24.1 Å². The van der Waals surface area contributed by atoms with Gasteiger partial charge in [0.25, 0.3) is 0 Å². The number of carbonyl (C=O) groups is 2. The standard InChI is InChI=1S/C23H24O7/c1-27-20-9-3-17(4-10-20)7-13-22(25)29-15-19(24)16-30-23(26)14-8-18-5-11-21(28-2)12-6-18/h3-14,19,24H,15-16H2,1-2H3/b13-7+,14-8+. The summed E-state index contributed by atoms with van der Waals surface area (Å²) >= 11 is 0. The number of hydrogen-bond acceptors (Lipinski definition) is 7. The average Bonchev–Trinajstić information content (AvgIpc) is 2.79. The number of esters is 2. The predicted molar refractivity (Wildman–Crippen MR) is 112 cm³/mol. The molecule has 0 bridgehead atoms. The summed E-state index contributed by atoms with van der Waals surface area (Å²) < 4.78 is 20.0. The van der Waals surface area contributed by atoms with Crippen molar-refractivity contribution in [2.24, 2.45) is 0 Å². The maximum Gasteiger partial charge on any atom is 0.330 e. The molecule has 0 saturated heterocycles. The Kier molecular flexibility index (Phi) is 9.15. The zero-order chi connectivity index (χ0) is 21.8. The first-order chi connectivity index (χ1) is 14.5. The second-order valence-electron chi connectivity index (χ2n) is 6.13. The molecule has 0 saturated carbocycles. The number of methoxy groups -OCH3 is 2. The molecule has 0 heterocycles. The van der Waals surface area contributed by atoms with E-state index >= 15 is 0 Å². The van der Waals surface area contributed by atoms with Crippen LogP contribution < -0.4 is 9.47 Å². The van der Waals surface area contributed by atoms with Crippen molar-refractivity contribution in [2.75, 3.05) is 27.4 Å². The Morgan fingerprint density at radius 2 is 1.13 bits per heavy atom. The van der Waals surface area contributed by atoms with E-state index < -0.39 is 18.0 Å². The van der Waals surface area contributed by atoms with E-state index in [1.165, 1.54) is 12.2 Å². The van der Waals surface area contributed by atoms with Gasteiger partial charge in [0.2, 0.25) is 0 Å². The Bertz CT molecular complexity index is 794. The maximum absolute atomic E-state index is 11.7. The van der Waals surface area contributed by atoms with Gasteiger partial charge in [0.05, 0.1) is 14.2 Å². The van der Waals surface area contributed by atoms with Crippen LogP contribution in [0.5, 0.6) is 11.5 Å². The first kappa shape index (κ1) is 22.7. The van der Waals surface area contributed by atoms with E-state index in [2.05, 4.69) is 0 Å². The van der Waals surface area contributed by atoms with Crippen LogP contribution in [0.3, 0.4) is 0 Å². The normalized spacial score (nSPS) is 11.1. The van der Waals surface area contributed by atoms with Gasteiger partial charge in [0.1, 0.15) is 30.8 Å². The summed E-state index contributed by atoms with van der Waals surface area (Å²) in [5.74, 6) is 0.198. The third kappa shape index (κ3) is 8.20. The van der Waals surface area contributed by atoms with Crippen LogP contribution in [0.2, 0.25) is 0 Å². The molecule has 0 fully saturated rings. The van der Waals surface area contributed by atoms with Crippen molar-refractivity contribution in [3.8, 4) is 11.5 Å². The van der Waals surface area contributed by atoms with Crippen LogP contribution in [0.4, 0.5) is 0 Å². The van der Waals surface area contributed by atoms with Gasteiger partial charge in [-0.3, -0.25) is 0 Å². The molecule has 1 N–H and O–H groups in total. The van der Waals surface area contributed by atoms with Gasteiger partial charge in [-0.05, 0) is 47.5 Å². The van der Waals surface area contributed by atoms with Crippen LogP contribution in [-0.4, -0.2) is 50.6 Å². The van der Waals surface area contributed by atoms with Crippen LogP contribution >= 0.6 is 0 Å². The molecule has 7 heteroatoms. The highest BCUT2D eigenvalue weighted by Gasteiger charge is 2.09. The van der Waals surface area contributed by atoms with E-state index in [4.69, 9.17) is 18.9 Å². The predicted octanol–water partition coefficient (Wildman–Crippen LogP) is 2.88. The minimum Gasteiger partial charge on any atom is -0.497 e. The first-order valence-corrected chi connectivity index (χ1v) is 9.16. The monoisotopic (exact) mass is 412 g/mol. The average molecular weight is 412 g/mol. The largest absolute Gasteiger partial charge is 0.497 e. The lowest BCUT2D eigenvalue weighted by Gasteiger charge is -2.10. The number of aliphatic hydroxyl groups excluding tert-OH is 1. The highest BCUT2D eigenvalue weighted by Crippen LogP contribution is 2.13. The number of hydrogen-bond donors (Lipinski definition) is 1. The Labute approximate surface area is 175 Å². The lowest BCUT2D eigenvalue weighted by Crippen LogP contribution is -2.24. The lowest BCUT2D eigenvalue weighted by atomic mass is 10.2. The van der Waals surface area contributed by atoms with Gasteiger partial charge >= 0.3 is 11.9 Å². The Morgan fingerprint density at radius 1 is 0.767 bits per heavy atom. The van der Waals surface area contributed by atoms with Gasteiger partial charge in [-0.2, -0.15) is 0 Å². The van der Waals surface area contributed by atoms with E-state index in [-0.39, 0.29) is 13.2 Å². The summed E-state index contributed by atoms with van der Waals surface area (Å²) in [5.41, 5.74) is 1.59. The summed E-state index contributed by atoms with van der Waals surface area (Å²) in [6.45, 7) is -0.581. The molecule has 0 atom stereocenters. The van der Waals surface area contributed by atoms with Crippen LogP contribution in [0.25, 0.3) is 12.2 Å². The third-order valence-electron chi connectivity index (χ3n) is 3.89. The highest BCUT2D eigenvalue weighted by molar-refractivity contribution is 5.87. The number of rotatable bonds is 10. The molecular weight excluding hydrogens is 388 g/mol. The zero-order valence-electron chi connectivity index (χ0n) is 16.8. The molecule has 0 aliphatic carbocycles. The minimum absolute atomic E-state index is 0.290. The van der Waals surface area contributed by atoms with Gasteiger partial charge in [0.15, 0.2) is 0 Å². The Hall–Kier alpha value is -3.58. The molecule has 7 nitrogen and oxygen atoms in total. The number of benzene rings is 2. The number of aliphatic hydroxyl groups is 1. The molecule has 30 heavy (non-hydrogen) atoms. The van der Waals surface area contributed by atoms with Crippen molar-refractivity contribution in [3.05, 3.63) is 71.8 Å². The van der Waals surface area contributed by atoms with Gasteiger partial charge in [0, 0.05) is 12.2 Å². The topological polar surface area (TPSA) is 91.3 Å². The van der Waals surface area contributed by atoms with Crippen molar-refractivity contribution in [3.63, 3.8) is 0 Å². The second kappa shape index (κ2) is 12.1. The highest BCUT2D eigenvalue weighted by atomic mass is 16.6. The molecular formula is C23H24O7. The quantitative estimate of drug-likeness (QED) is 0.474. The number of ether oxygens (including phenoxy) is 4. The van der Waals surface area contributed by atoms with Crippen molar-refractivity contribution >= 4 is 24.1 Å². The van der Waals surface area contributed by atoms with Gasteiger partial charge in [-0.1, -0.05) is 24.3 Å². The summed E-state index contributed by atoms with van der Waals surface area (Å²) in [6, 6.07) is 14.2. The molecule has 0 unspecified atom stereocenters. The van der Waals surface area contributed by atoms with E-state index in [1.54, 1.807) is 74.9 Å². The van der Waals surface area contributed by atoms with E-state index in [0.29, 0.717) is 11.5 Å². The Morgan fingerprint density at radius 3 is 1.47 bits per heavy atom. The molecule has 2 aromatic carbocycles. The molecule has 0 aliphatic rings. The molecule has 158 valence electrons. The smallest absolute Gasteiger partial charge is 0.330 e. The summed E-state index contributed by atoms with van der Waals surface area (Å²) in [4.78, 5) is 23.4. The SMILES string of the molecule is COc1ccc(/C=C/C(=O)OCC(O)COC(=O)/C=C/c2ccc(OC)cc2)cc1. The van der Waals surface area contributed by atoms with Crippen LogP contribution in [0.1, 0.15) is 11.1 Å². The fraction of sp³-hybridized carbons (Fsp3) is 0.217. The molecule has 2 rings (SSSR count). The molecule has 0 aromatic heterocycles. The van der Waals surface area contributed by atoms with Crippen molar-refractivity contribution in [1.82, 2.24) is 0 Å². The second-order valence-corrected chi connectivity index (χ2v) is 6.13. The van der Waals surface area contributed by atoms with Crippen LogP contribution in [-0.2, 0) is 19.1 Å². The van der Waals surface area contributed by atoms with E-state index in [0.717, 1.165) is 11.1 Å². The summed E-state index contributed by atoms with van der Waals surface area (Å²) in [5, 5.41) is 9.80. The summed E-state index contributed by atoms with van der Waals surface area (Å²) in [6.07, 6.45) is 4.54. The van der Waals surface area contributed by atoms with E-state index in [1.807, 2.05) is 0 Å². The Balaban J connectivity index is 1.68. The fourth-order valence-corrected chi connectivity index (χ4v) is 2.26. The van der Waals surface area contributed by atoms with Crippen LogP contribution in [0.15, 0.2) is 60.7 Å². The zero-order valence-corrected chi connectivity index (χ0v) is 16.8. The maximum atomic E-state index is 11.7. The van der Waals surface area contributed by atoms with E-state index in [9.17, 15) is 14.7 Å². The minimum atomic E-state index is -1.12. The molecule has 0 amide bonds. The van der Waals surface area contributed by atoms with Gasteiger partial charge in [-0.25, -0.2) is 9.59 Å². The summed E-state index contributed by atoms with van der Waals surface area (Å²) in [7, 11) is 3.14. The van der Waals surface area contributed by atoms with Crippen molar-refractivity contribution in [2.45, 2.75) is 6.10 Å². The third-order valence-corrected chi connectivity index (χ3v) is 3.89. The lowest BCUT2D eigenvalue weighted by molar-refractivity contribution is -0.146.